The molecule has 0 aromatic carbocycles. The predicted octanol–water partition coefficient (Wildman–Crippen LogP) is 6.21. The summed E-state index contributed by atoms with van der Waals surface area (Å²) < 4.78 is 80.3. The van der Waals surface area contributed by atoms with Gasteiger partial charge in [-0.2, -0.15) is 26.3 Å². The molecule has 3 unspecified atom stereocenters. The number of hydrogen-bond donors (Lipinski definition) is 0. The van der Waals surface area contributed by atoms with E-state index in [1.54, 1.807) is 11.9 Å². The number of likely N-dealkylation sites (N-methyl/N-ethyl adjacent to an activating group) is 1. The predicted molar refractivity (Wildman–Crippen MR) is 132 cm³/mol. The molecule has 3 atom stereocenters. The summed E-state index contributed by atoms with van der Waals surface area (Å²) in [5, 5.41) is 0. The quantitative estimate of drug-likeness (QED) is 0.342. The first-order chi connectivity index (χ1) is 17.3. The summed E-state index contributed by atoms with van der Waals surface area (Å²) in [6.45, 7) is 9.00. The van der Waals surface area contributed by atoms with Crippen LogP contribution in [0.2, 0.25) is 0 Å². The number of amides is 1. The molecule has 10 heteroatoms. The van der Waals surface area contributed by atoms with Gasteiger partial charge in [0.1, 0.15) is 0 Å². The molecule has 3 rings (SSSR count). The lowest BCUT2D eigenvalue weighted by Crippen LogP contribution is -2.58. The topological polar surface area (TPSA) is 26.8 Å². The number of hydrogen-bond acceptors (Lipinski definition) is 3. The Morgan fingerprint density at radius 2 is 1.41 bits per heavy atom. The van der Waals surface area contributed by atoms with Crippen molar-refractivity contribution in [1.82, 2.24) is 14.7 Å². The van der Waals surface area contributed by atoms with Crippen LogP contribution < -0.4 is 0 Å². The van der Waals surface area contributed by atoms with E-state index in [1.807, 2.05) is 0 Å². The lowest BCUT2D eigenvalue weighted by atomic mass is 9.73. The highest BCUT2D eigenvalue weighted by Gasteiger charge is 2.51. The first-order valence-corrected chi connectivity index (χ1v) is 14.1. The molecule has 0 radical (unpaired) electrons. The van der Waals surface area contributed by atoms with Crippen molar-refractivity contribution in [2.75, 3.05) is 46.3 Å². The van der Waals surface area contributed by atoms with Gasteiger partial charge in [-0.15, -0.1) is 0 Å². The molecule has 4 nitrogen and oxygen atoms in total. The highest BCUT2D eigenvalue weighted by atomic mass is 19.4. The number of nitrogens with zero attached hydrogens (tertiary/aromatic N) is 3. The van der Waals surface area contributed by atoms with Crippen LogP contribution in [0.25, 0.3) is 0 Å². The maximum Gasteiger partial charge on any atom is 0.391 e. The van der Waals surface area contributed by atoms with Crippen LogP contribution in [0.5, 0.6) is 0 Å². The van der Waals surface area contributed by atoms with Gasteiger partial charge in [0.25, 0.3) is 0 Å². The summed E-state index contributed by atoms with van der Waals surface area (Å²) >= 11 is 0. The van der Waals surface area contributed by atoms with Crippen LogP contribution in [0, 0.1) is 29.6 Å². The second kappa shape index (κ2) is 12.9. The number of halogens is 6. The summed E-state index contributed by atoms with van der Waals surface area (Å²) in [5.74, 6) is -3.77. The van der Waals surface area contributed by atoms with Gasteiger partial charge in [-0.25, -0.2) is 0 Å². The van der Waals surface area contributed by atoms with E-state index in [1.165, 1.54) is 0 Å². The molecule has 3 aliphatic rings. The minimum atomic E-state index is -4.63. The second-order valence-electron chi connectivity index (χ2n) is 12.2. The van der Waals surface area contributed by atoms with Crippen LogP contribution in [0.3, 0.4) is 0 Å². The zero-order valence-corrected chi connectivity index (χ0v) is 22.6. The summed E-state index contributed by atoms with van der Waals surface area (Å²) in [4.78, 5) is 20.0. The van der Waals surface area contributed by atoms with Gasteiger partial charge >= 0.3 is 12.4 Å². The Hall–Kier alpha value is -1.03. The molecule has 0 spiro atoms. The highest BCUT2D eigenvalue weighted by Crippen LogP contribution is 2.48. The van der Waals surface area contributed by atoms with Gasteiger partial charge in [0.15, 0.2) is 0 Å². The number of piperazine rings is 1. The Labute approximate surface area is 218 Å². The number of alkyl halides is 6. The van der Waals surface area contributed by atoms with Crippen LogP contribution >= 0.6 is 0 Å². The first-order valence-electron chi connectivity index (χ1n) is 14.1. The van der Waals surface area contributed by atoms with Crippen molar-refractivity contribution in [2.45, 2.75) is 90.0 Å². The summed E-state index contributed by atoms with van der Waals surface area (Å²) in [6, 6.07) is -0.260. The zero-order valence-electron chi connectivity index (χ0n) is 22.6. The summed E-state index contributed by atoms with van der Waals surface area (Å²) in [5.41, 5.74) is 0. The zero-order chi connectivity index (χ0) is 27.4. The fraction of sp³-hybridized carbons (Fsp3) is 0.963. The summed E-state index contributed by atoms with van der Waals surface area (Å²) in [6.07, 6.45) is -5.25. The molecular weight excluding hydrogens is 496 g/mol. The van der Waals surface area contributed by atoms with Gasteiger partial charge < -0.3 is 9.80 Å². The standard InChI is InChI=1S/C27H45F6N3O/c1-19(2)18-35-11-13-36(14-12-35)24(21-7-5-4-6-8-21)25(37)34(3)10-9-20-15-22(26(28,29)30)17-23(16-20)27(31,32)33/h19-24H,4-18H2,1-3H3. The minimum absolute atomic E-state index is 0.0280. The third-order valence-electron chi connectivity index (χ3n) is 8.75. The number of carbonyl (C=O) groups excluding carboxylic acids is 1. The third kappa shape index (κ3) is 8.73. The van der Waals surface area contributed by atoms with Crippen molar-refractivity contribution < 1.29 is 31.1 Å². The molecule has 216 valence electrons. The number of carbonyl (C=O) groups is 1. The molecule has 1 heterocycles. The monoisotopic (exact) mass is 541 g/mol. The molecule has 1 saturated heterocycles. The van der Waals surface area contributed by atoms with Crippen LogP contribution in [0.4, 0.5) is 26.3 Å². The van der Waals surface area contributed by atoms with Gasteiger partial charge in [0, 0.05) is 46.3 Å². The Balaban J connectivity index is 1.64. The fourth-order valence-electron chi connectivity index (χ4n) is 6.77. The first kappa shape index (κ1) is 30.5. The SMILES string of the molecule is CC(C)CN1CCN(C(C(=O)N(C)CCC2CC(C(F)(F)F)CC(C(F)(F)F)C2)C2CCCCC2)CC1. The van der Waals surface area contributed by atoms with Crippen molar-refractivity contribution in [3.8, 4) is 0 Å². The Kier molecular flexibility index (Phi) is 10.6. The molecule has 37 heavy (non-hydrogen) atoms. The molecule has 2 aliphatic carbocycles. The van der Waals surface area contributed by atoms with Gasteiger partial charge in [0.2, 0.25) is 5.91 Å². The summed E-state index contributed by atoms with van der Waals surface area (Å²) in [7, 11) is 1.67. The largest absolute Gasteiger partial charge is 0.391 e. The van der Waals surface area contributed by atoms with E-state index in [2.05, 4.69) is 23.6 Å². The van der Waals surface area contributed by atoms with Gasteiger partial charge in [-0.1, -0.05) is 33.1 Å². The third-order valence-corrected chi connectivity index (χ3v) is 8.75. The van der Waals surface area contributed by atoms with Crippen LogP contribution in [-0.2, 0) is 4.79 Å². The van der Waals surface area contributed by atoms with Gasteiger partial charge in [-0.05, 0) is 56.3 Å². The van der Waals surface area contributed by atoms with E-state index in [-0.39, 0.29) is 43.7 Å². The Morgan fingerprint density at radius 3 is 1.89 bits per heavy atom. The Bertz CT molecular complexity index is 692. The van der Waals surface area contributed by atoms with Crippen molar-refractivity contribution in [3.05, 3.63) is 0 Å². The van der Waals surface area contributed by atoms with Gasteiger partial charge in [0.05, 0.1) is 17.9 Å². The molecule has 2 saturated carbocycles. The van der Waals surface area contributed by atoms with Crippen molar-refractivity contribution in [2.24, 2.45) is 29.6 Å². The molecule has 1 aliphatic heterocycles. The number of rotatable bonds is 8. The van der Waals surface area contributed by atoms with E-state index in [9.17, 15) is 31.1 Å². The fourth-order valence-corrected chi connectivity index (χ4v) is 6.77. The molecule has 1 amide bonds. The molecule has 0 aromatic rings. The van der Waals surface area contributed by atoms with Gasteiger partial charge in [-0.3, -0.25) is 9.69 Å². The van der Waals surface area contributed by atoms with E-state index < -0.39 is 36.5 Å². The second-order valence-corrected chi connectivity index (χ2v) is 12.2. The van der Waals surface area contributed by atoms with Crippen LogP contribution in [0.15, 0.2) is 0 Å². The molecule has 0 N–H and O–H groups in total. The van der Waals surface area contributed by atoms with E-state index in [0.717, 1.165) is 64.8 Å². The average molecular weight is 542 g/mol. The maximum atomic E-state index is 13.7. The smallest absolute Gasteiger partial charge is 0.344 e. The lowest BCUT2D eigenvalue weighted by Gasteiger charge is -2.44. The lowest BCUT2D eigenvalue weighted by molar-refractivity contribution is -0.229. The Morgan fingerprint density at radius 1 is 0.865 bits per heavy atom. The van der Waals surface area contributed by atoms with Crippen molar-refractivity contribution in [1.29, 1.82) is 0 Å². The normalized spacial score (nSPS) is 28.4. The average Bonchev–Trinajstić information content (AvgIpc) is 2.82. The maximum absolute atomic E-state index is 13.7. The van der Waals surface area contributed by atoms with E-state index in [0.29, 0.717) is 5.92 Å². The molecule has 0 bridgehead atoms. The van der Waals surface area contributed by atoms with E-state index in [4.69, 9.17) is 0 Å². The van der Waals surface area contributed by atoms with Crippen molar-refractivity contribution >= 4 is 5.91 Å². The van der Waals surface area contributed by atoms with Crippen LogP contribution in [0.1, 0.15) is 71.6 Å². The molecule has 0 aromatic heterocycles. The minimum Gasteiger partial charge on any atom is -0.344 e. The molecular formula is C27H45F6N3O. The molecule has 3 fully saturated rings. The highest BCUT2D eigenvalue weighted by molar-refractivity contribution is 5.82. The van der Waals surface area contributed by atoms with Crippen molar-refractivity contribution in [3.63, 3.8) is 0 Å². The van der Waals surface area contributed by atoms with E-state index >= 15 is 0 Å². The van der Waals surface area contributed by atoms with Crippen LogP contribution in [-0.4, -0.2) is 85.3 Å².